The molecule has 3 N–H and O–H groups in total. The number of furan rings is 1. The average molecular weight is 299 g/mol. The van der Waals surface area contributed by atoms with Crippen LogP contribution in [0.1, 0.15) is 23.0 Å². The number of hydrogen-bond acceptors (Lipinski definition) is 4. The molecule has 2 rings (SSSR count). The minimum Gasteiger partial charge on any atom is -0.457 e. The summed E-state index contributed by atoms with van der Waals surface area (Å²) in [5.74, 6) is 5.60. The highest BCUT2D eigenvalue weighted by Gasteiger charge is 2.17. The lowest BCUT2D eigenvalue weighted by Gasteiger charge is -2.14. The van der Waals surface area contributed by atoms with E-state index in [1.54, 1.807) is 6.26 Å². The van der Waals surface area contributed by atoms with E-state index in [1.165, 1.54) is 0 Å². The first kappa shape index (κ1) is 12.3. The zero-order chi connectivity index (χ0) is 12.4. The largest absolute Gasteiger partial charge is 0.457 e. The van der Waals surface area contributed by atoms with Gasteiger partial charge in [-0.15, -0.1) is 0 Å². The van der Waals surface area contributed by atoms with Crippen LogP contribution in [-0.4, -0.2) is 9.78 Å². The standard InChI is InChI=1S/C11H15BrN4O/c1-7-5-8(16(2)15-7)6-10(14-13)9-3-4-17-11(9)12/h3-5,10,14H,6,13H2,1-2H3. The van der Waals surface area contributed by atoms with Crippen LogP contribution in [0.4, 0.5) is 0 Å². The molecule has 0 aliphatic carbocycles. The van der Waals surface area contributed by atoms with Gasteiger partial charge < -0.3 is 4.42 Å². The van der Waals surface area contributed by atoms with Gasteiger partial charge in [0.25, 0.3) is 0 Å². The van der Waals surface area contributed by atoms with Gasteiger partial charge in [0.15, 0.2) is 4.67 Å². The molecule has 0 aromatic carbocycles. The number of rotatable bonds is 4. The van der Waals surface area contributed by atoms with Gasteiger partial charge in [-0.25, -0.2) is 0 Å². The van der Waals surface area contributed by atoms with Crippen LogP contribution < -0.4 is 11.3 Å². The van der Waals surface area contributed by atoms with Crippen molar-refractivity contribution in [1.29, 1.82) is 0 Å². The van der Waals surface area contributed by atoms with Gasteiger partial charge in [-0.05, 0) is 35.0 Å². The van der Waals surface area contributed by atoms with E-state index in [-0.39, 0.29) is 6.04 Å². The van der Waals surface area contributed by atoms with E-state index in [2.05, 4.69) is 32.5 Å². The van der Waals surface area contributed by atoms with Gasteiger partial charge >= 0.3 is 0 Å². The molecule has 2 heterocycles. The summed E-state index contributed by atoms with van der Waals surface area (Å²) >= 11 is 3.36. The molecule has 2 aromatic heterocycles. The SMILES string of the molecule is Cc1cc(CC(NN)c2ccoc2Br)n(C)n1. The topological polar surface area (TPSA) is 69.0 Å². The molecule has 2 aromatic rings. The van der Waals surface area contributed by atoms with Gasteiger partial charge in [-0.2, -0.15) is 5.10 Å². The molecule has 1 atom stereocenters. The Morgan fingerprint density at radius 1 is 1.65 bits per heavy atom. The molecule has 6 heteroatoms. The second kappa shape index (κ2) is 5.03. The predicted octanol–water partition coefficient (Wildman–Crippen LogP) is 1.83. The Labute approximate surface area is 108 Å². The Hall–Kier alpha value is -1.11. The summed E-state index contributed by atoms with van der Waals surface area (Å²) in [4.78, 5) is 0. The molecule has 92 valence electrons. The van der Waals surface area contributed by atoms with Crippen molar-refractivity contribution in [1.82, 2.24) is 15.2 Å². The van der Waals surface area contributed by atoms with Crippen LogP contribution in [0.3, 0.4) is 0 Å². The summed E-state index contributed by atoms with van der Waals surface area (Å²) in [6.45, 7) is 1.97. The number of hydrogen-bond donors (Lipinski definition) is 2. The molecule has 0 aliphatic heterocycles. The van der Waals surface area contributed by atoms with E-state index in [0.717, 1.165) is 23.4 Å². The quantitative estimate of drug-likeness (QED) is 0.667. The second-order valence-electron chi connectivity index (χ2n) is 3.97. The van der Waals surface area contributed by atoms with Gasteiger partial charge in [-0.1, -0.05) is 0 Å². The van der Waals surface area contributed by atoms with Crippen LogP contribution in [0.25, 0.3) is 0 Å². The zero-order valence-corrected chi connectivity index (χ0v) is 11.4. The highest BCUT2D eigenvalue weighted by Crippen LogP contribution is 2.26. The van der Waals surface area contributed by atoms with E-state index in [9.17, 15) is 0 Å². The molecule has 0 aliphatic rings. The van der Waals surface area contributed by atoms with Crippen molar-refractivity contribution in [3.8, 4) is 0 Å². The number of aromatic nitrogens is 2. The van der Waals surface area contributed by atoms with Crippen LogP contribution in [0.2, 0.25) is 0 Å². The zero-order valence-electron chi connectivity index (χ0n) is 9.77. The van der Waals surface area contributed by atoms with Gasteiger partial charge in [0.1, 0.15) is 0 Å². The van der Waals surface area contributed by atoms with E-state index < -0.39 is 0 Å². The van der Waals surface area contributed by atoms with E-state index in [4.69, 9.17) is 10.3 Å². The summed E-state index contributed by atoms with van der Waals surface area (Å²) in [5, 5.41) is 4.32. The summed E-state index contributed by atoms with van der Waals surface area (Å²) in [6.07, 6.45) is 2.39. The molecule has 0 fully saturated rings. The maximum atomic E-state index is 5.60. The number of hydrazine groups is 1. The molecule has 5 nitrogen and oxygen atoms in total. The Morgan fingerprint density at radius 2 is 2.41 bits per heavy atom. The lowest BCUT2D eigenvalue weighted by atomic mass is 10.1. The Morgan fingerprint density at radius 3 is 2.88 bits per heavy atom. The van der Waals surface area contributed by atoms with Gasteiger partial charge in [0.05, 0.1) is 18.0 Å². The van der Waals surface area contributed by atoms with Crippen molar-refractivity contribution in [2.24, 2.45) is 12.9 Å². The lowest BCUT2D eigenvalue weighted by Crippen LogP contribution is -2.30. The monoisotopic (exact) mass is 298 g/mol. The van der Waals surface area contributed by atoms with Crippen molar-refractivity contribution < 1.29 is 4.42 Å². The van der Waals surface area contributed by atoms with Crippen LogP contribution in [0.5, 0.6) is 0 Å². The summed E-state index contributed by atoms with van der Waals surface area (Å²) in [6, 6.07) is 3.95. The van der Waals surface area contributed by atoms with E-state index in [1.807, 2.05) is 24.7 Å². The minimum atomic E-state index is -0.00192. The predicted molar refractivity (Wildman–Crippen MR) is 68.1 cm³/mol. The number of halogens is 1. The molecule has 0 spiro atoms. The second-order valence-corrected chi connectivity index (χ2v) is 4.69. The lowest BCUT2D eigenvalue weighted by molar-refractivity contribution is 0.498. The maximum Gasteiger partial charge on any atom is 0.173 e. The molecule has 0 amide bonds. The van der Waals surface area contributed by atoms with Crippen molar-refractivity contribution in [3.63, 3.8) is 0 Å². The number of nitrogens with zero attached hydrogens (tertiary/aromatic N) is 2. The molecule has 0 radical (unpaired) electrons. The third kappa shape index (κ3) is 2.59. The molecule has 0 saturated heterocycles. The van der Waals surface area contributed by atoms with Crippen LogP contribution in [0, 0.1) is 6.92 Å². The molecular formula is C11H15BrN4O. The Bertz CT molecular complexity index is 505. The first-order valence-corrected chi connectivity index (χ1v) is 6.09. The fraction of sp³-hybridized carbons (Fsp3) is 0.364. The number of aryl methyl sites for hydroxylation is 2. The van der Waals surface area contributed by atoms with Crippen LogP contribution in [0.15, 0.2) is 27.5 Å². The van der Waals surface area contributed by atoms with Crippen LogP contribution in [-0.2, 0) is 13.5 Å². The average Bonchev–Trinajstić information content (AvgIpc) is 2.82. The third-order valence-corrected chi connectivity index (χ3v) is 3.38. The Balaban J connectivity index is 2.21. The Kier molecular flexibility index (Phi) is 3.66. The highest BCUT2D eigenvalue weighted by molar-refractivity contribution is 9.10. The summed E-state index contributed by atoms with van der Waals surface area (Å²) in [5.41, 5.74) is 5.93. The van der Waals surface area contributed by atoms with Crippen LogP contribution >= 0.6 is 15.9 Å². The summed E-state index contributed by atoms with van der Waals surface area (Å²) in [7, 11) is 1.93. The maximum absolute atomic E-state index is 5.60. The van der Waals surface area contributed by atoms with Crippen molar-refractivity contribution in [2.75, 3.05) is 0 Å². The highest BCUT2D eigenvalue weighted by atomic mass is 79.9. The molecule has 17 heavy (non-hydrogen) atoms. The molecule has 0 bridgehead atoms. The number of nitrogens with one attached hydrogen (secondary N) is 1. The van der Waals surface area contributed by atoms with E-state index >= 15 is 0 Å². The normalized spacial score (nSPS) is 12.9. The van der Waals surface area contributed by atoms with Crippen molar-refractivity contribution in [2.45, 2.75) is 19.4 Å². The number of nitrogens with two attached hydrogens (primary N) is 1. The van der Waals surface area contributed by atoms with Crippen molar-refractivity contribution >= 4 is 15.9 Å². The van der Waals surface area contributed by atoms with Gasteiger partial charge in [0.2, 0.25) is 0 Å². The minimum absolute atomic E-state index is 0.00192. The fourth-order valence-corrected chi connectivity index (χ4v) is 2.39. The molecular weight excluding hydrogens is 284 g/mol. The third-order valence-electron chi connectivity index (χ3n) is 2.73. The molecule has 1 unspecified atom stereocenters. The summed E-state index contributed by atoms with van der Waals surface area (Å²) < 4.78 is 7.80. The van der Waals surface area contributed by atoms with Gasteiger partial charge in [-0.3, -0.25) is 16.0 Å². The smallest absolute Gasteiger partial charge is 0.173 e. The van der Waals surface area contributed by atoms with Crippen molar-refractivity contribution in [3.05, 3.63) is 40.0 Å². The fourth-order valence-electron chi connectivity index (χ4n) is 1.88. The molecule has 0 saturated carbocycles. The first-order valence-electron chi connectivity index (χ1n) is 5.30. The van der Waals surface area contributed by atoms with Gasteiger partial charge in [0, 0.05) is 24.7 Å². The van der Waals surface area contributed by atoms with E-state index in [0.29, 0.717) is 4.67 Å². The first-order chi connectivity index (χ1) is 8.11.